The summed E-state index contributed by atoms with van der Waals surface area (Å²) < 4.78 is 4.74. The highest BCUT2D eigenvalue weighted by molar-refractivity contribution is 6.31. The van der Waals surface area contributed by atoms with Crippen LogP contribution < -0.4 is 0 Å². The molecule has 0 saturated heterocycles. The molecule has 0 aliphatic heterocycles. The Morgan fingerprint density at radius 3 is 2.75 bits per heavy atom. The zero-order chi connectivity index (χ0) is 8.97. The molecule has 0 amide bonds. The second kappa shape index (κ2) is 4.12. The molecule has 1 atom stereocenters. The molecule has 0 N–H and O–H groups in total. The number of hydrogen-bond acceptors (Lipinski definition) is 2. The summed E-state index contributed by atoms with van der Waals surface area (Å²) in [5, 5.41) is 0.617. The second-order valence-electron chi connectivity index (χ2n) is 2.40. The van der Waals surface area contributed by atoms with E-state index in [1.54, 1.807) is 13.0 Å². The molecule has 0 aliphatic carbocycles. The first-order valence-electron chi connectivity index (χ1n) is 3.59. The summed E-state index contributed by atoms with van der Waals surface area (Å²) in [6.45, 7) is 2.20. The summed E-state index contributed by atoms with van der Waals surface area (Å²) in [7, 11) is 0. The number of hydrogen-bond donors (Lipinski definition) is 0. The number of carbonyl (C=O) groups is 1. The van der Waals surface area contributed by atoms with Crippen molar-refractivity contribution < 1.29 is 9.53 Å². The monoisotopic (exact) mass is 184 g/mol. The highest BCUT2D eigenvalue weighted by atomic mass is 35.5. The van der Waals surface area contributed by atoms with E-state index in [1.807, 2.05) is 18.2 Å². The number of rotatable bonds is 3. The molecular weight excluding hydrogens is 176 g/mol. The summed E-state index contributed by atoms with van der Waals surface area (Å²) in [6.07, 6.45) is -0.281. The molecule has 64 valence electrons. The molecule has 0 fully saturated rings. The first kappa shape index (κ1) is 9.07. The smallest absolute Gasteiger partial charge is 0.293 e. The molecule has 0 aromatic heterocycles. The van der Waals surface area contributed by atoms with E-state index in [4.69, 9.17) is 16.3 Å². The van der Waals surface area contributed by atoms with Gasteiger partial charge in [0.25, 0.3) is 6.47 Å². The lowest BCUT2D eigenvalue weighted by atomic mass is 10.1. The summed E-state index contributed by atoms with van der Waals surface area (Å²) >= 11 is 5.86. The lowest BCUT2D eigenvalue weighted by Gasteiger charge is -2.10. The predicted molar refractivity (Wildman–Crippen MR) is 47.0 cm³/mol. The lowest BCUT2D eigenvalue weighted by Crippen LogP contribution is -1.98. The fourth-order valence-corrected chi connectivity index (χ4v) is 1.25. The zero-order valence-corrected chi connectivity index (χ0v) is 7.41. The molecule has 1 unspecified atom stereocenters. The average molecular weight is 185 g/mol. The largest absolute Gasteiger partial charge is 0.460 e. The number of benzene rings is 1. The van der Waals surface area contributed by atoms with Crippen LogP contribution in [0.1, 0.15) is 18.6 Å². The first-order valence-corrected chi connectivity index (χ1v) is 3.97. The quantitative estimate of drug-likeness (QED) is 0.675. The van der Waals surface area contributed by atoms with Gasteiger partial charge < -0.3 is 4.74 Å². The highest BCUT2D eigenvalue weighted by Gasteiger charge is 2.08. The van der Waals surface area contributed by atoms with Gasteiger partial charge in [0.15, 0.2) is 0 Å². The molecule has 3 heteroatoms. The Labute approximate surface area is 76.1 Å². The van der Waals surface area contributed by atoms with Crippen LogP contribution in [0.4, 0.5) is 0 Å². The molecule has 0 radical (unpaired) electrons. The third kappa shape index (κ3) is 1.98. The third-order valence-electron chi connectivity index (χ3n) is 1.60. The maximum atomic E-state index is 10.0. The SMILES string of the molecule is CC(OC=O)c1ccccc1Cl. The highest BCUT2D eigenvalue weighted by Crippen LogP contribution is 2.23. The van der Waals surface area contributed by atoms with Crippen LogP contribution in [0.3, 0.4) is 0 Å². The van der Waals surface area contributed by atoms with Gasteiger partial charge in [0.2, 0.25) is 0 Å². The van der Waals surface area contributed by atoms with Gasteiger partial charge in [-0.2, -0.15) is 0 Å². The van der Waals surface area contributed by atoms with Gasteiger partial charge >= 0.3 is 0 Å². The Kier molecular flexibility index (Phi) is 3.11. The Bertz CT molecular complexity index is 273. The molecule has 1 aromatic carbocycles. The van der Waals surface area contributed by atoms with E-state index in [1.165, 1.54) is 0 Å². The van der Waals surface area contributed by atoms with Crippen LogP contribution in [-0.4, -0.2) is 6.47 Å². The Morgan fingerprint density at radius 1 is 1.50 bits per heavy atom. The van der Waals surface area contributed by atoms with Crippen molar-refractivity contribution in [3.05, 3.63) is 34.9 Å². The molecule has 2 nitrogen and oxygen atoms in total. The van der Waals surface area contributed by atoms with Gasteiger partial charge in [-0.1, -0.05) is 29.8 Å². The van der Waals surface area contributed by atoms with Gasteiger partial charge in [-0.15, -0.1) is 0 Å². The van der Waals surface area contributed by atoms with Crippen molar-refractivity contribution in [3.8, 4) is 0 Å². The summed E-state index contributed by atoms with van der Waals surface area (Å²) in [6, 6.07) is 7.28. The molecule has 0 heterocycles. The van der Waals surface area contributed by atoms with Crippen LogP contribution in [-0.2, 0) is 9.53 Å². The Morgan fingerprint density at radius 2 is 2.17 bits per heavy atom. The molecule has 0 spiro atoms. The van der Waals surface area contributed by atoms with E-state index in [2.05, 4.69) is 0 Å². The second-order valence-corrected chi connectivity index (χ2v) is 2.80. The van der Waals surface area contributed by atoms with E-state index in [0.717, 1.165) is 5.56 Å². The molecular formula is C9H9ClO2. The van der Waals surface area contributed by atoms with Gasteiger partial charge in [0, 0.05) is 10.6 Å². The zero-order valence-electron chi connectivity index (χ0n) is 6.66. The summed E-state index contributed by atoms with van der Waals surface area (Å²) in [4.78, 5) is 10.0. The Hall–Kier alpha value is -1.02. The summed E-state index contributed by atoms with van der Waals surface area (Å²) in [5.74, 6) is 0. The van der Waals surface area contributed by atoms with Crippen molar-refractivity contribution in [1.29, 1.82) is 0 Å². The maximum absolute atomic E-state index is 10.0. The minimum Gasteiger partial charge on any atom is -0.460 e. The molecule has 12 heavy (non-hydrogen) atoms. The van der Waals surface area contributed by atoms with E-state index in [-0.39, 0.29) is 6.10 Å². The fraction of sp³-hybridized carbons (Fsp3) is 0.222. The van der Waals surface area contributed by atoms with Gasteiger partial charge in [-0.25, -0.2) is 0 Å². The first-order chi connectivity index (χ1) is 5.75. The maximum Gasteiger partial charge on any atom is 0.293 e. The normalized spacial score (nSPS) is 12.2. The standard InChI is InChI=1S/C9H9ClO2/c1-7(12-6-11)8-4-2-3-5-9(8)10/h2-7H,1H3. The van der Waals surface area contributed by atoms with E-state index < -0.39 is 0 Å². The van der Waals surface area contributed by atoms with Crippen molar-refractivity contribution in [2.24, 2.45) is 0 Å². The van der Waals surface area contributed by atoms with E-state index >= 15 is 0 Å². The average Bonchev–Trinajstić information content (AvgIpc) is 2.05. The van der Waals surface area contributed by atoms with Gasteiger partial charge in [-0.3, -0.25) is 4.79 Å². The van der Waals surface area contributed by atoms with Crippen molar-refractivity contribution in [3.63, 3.8) is 0 Å². The number of ether oxygens (including phenoxy) is 1. The van der Waals surface area contributed by atoms with Gasteiger partial charge in [0.1, 0.15) is 6.10 Å². The molecule has 0 bridgehead atoms. The fourth-order valence-electron chi connectivity index (χ4n) is 0.961. The predicted octanol–water partition coefficient (Wildman–Crippen LogP) is 2.57. The van der Waals surface area contributed by atoms with Crippen LogP contribution in [0, 0.1) is 0 Å². The minimum atomic E-state index is -0.281. The molecule has 1 rings (SSSR count). The number of halogens is 1. The minimum absolute atomic E-state index is 0.281. The lowest BCUT2D eigenvalue weighted by molar-refractivity contribution is -0.133. The van der Waals surface area contributed by atoms with Crippen molar-refractivity contribution in [1.82, 2.24) is 0 Å². The van der Waals surface area contributed by atoms with Crippen LogP contribution in [0.2, 0.25) is 5.02 Å². The van der Waals surface area contributed by atoms with E-state index in [0.29, 0.717) is 11.5 Å². The number of carbonyl (C=O) groups excluding carboxylic acids is 1. The third-order valence-corrected chi connectivity index (χ3v) is 1.95. The summed E-state index contributed by atoms with van der Waals surface area (Å²) in [5.41, 5.74) is 0.825. The van der Waals surface area contributed by atoms with Crippen molar-refractivity contribution >= 4 is 18.1 Å². The van der Waals surface area contributed by atoms with Crippen LogP contribution in [0.5, 0.6) is 0 Å². The van der Waals surface area contributed by atoms with Crippen molar-refractivity contribution in [2.75, 3.05) is 0 Å². The van der Waals surface area contributed by atoms with Crippen LogP contribution in [0.15, 0.2) is 24.3 Å². The molecule has 0 aliphatic rings. The van der Waals surface area contributed by atoms with Crippen LogP contribution in [0.25, 0.3) is 0 Å². The molecule has 1 aromatic rings. The van der Waals surface area contributed by atoms with Gasteiger partial charge in [-0.05, 0) is 13.0 Å². The van der Waals surface area contributed by atoms with Crippen LogP contribution >= 0.6 is 11.6 Å². The topological polar surface area (TPSA) is 26.3 Å². The Balaban J connectivity index is 2.86. The van der Waals surface area contributed by atoms with Crippen molar-refractivity contribution in [2.45, 2.75) is 13.0 Å². The van der Waals surface area contributed by atoms with Gasteiger partial charge in [0.05, 0.1) is 0 Å². The molecule has 0 saturated carbocycles. The van der Waals surface area contributed by atoms with E-state index in [9.17, 15) is 4.79 Å².